The van der Waals surface area contributed by atoms with Gasteiger partial charge in [-0.15, -0.1) is 0 Å². The van der Waals surface area contributed by atoms with E-state index in [1.807, 2.05) is 0 Å². The first-order chi connectivity index (χ1) is 10.1. The molecule has 0 radical (unpaired) electrons. The monoisotopic (exact) mass is 288 g/mol. The maximum atomic E-state index is 12.0. The van der Waals surface area contributed by atoms with Crippen molar-refractivity contribution in [1.29, 1.82) is 0 Å². The number of amides is 1. The summed E-state index contributed by atoms with van der Waals surface area (Å²) >= 11 is 0. The number of anilines is 1. The van der Waals surface area contributed by atoms with Crippen LogP contribution in [-0.2, 0) is 4.79 Å². The number of benzene rings is 1. The van der Waals surface area contributed by atoms with Gasteiger partial charge in [0.1, 0.15) is 0 Å². The van der Waals surface area contributed by atoms with Crippen LogP contribution < -0.4 is 5.32 Å². The van der Waals surface area contributed by atoms with Crippen molar-refractivity contribution >= 4 is 17.4 Å². The predicted octanol–water partition coefficient (Wildman–Crippen LogP) is 3.09. The quantitative estimate of drug-likeness (QED) is 0.847. The molecule has 1 saturated heterocycles. The molecule has 1 aromatic carbocycles. The minimum absolute atomic E-state index is 0.0309. The van der Waals surface area contributed by atoms with E-state index in [1.165, 1.54) is 26.2 Å². The topological polar surface area (TPSA) is 49.4 Å². The van der Waals surface area contributed by atoms with Gasteiger partial charge in [-0.1, -0.05) is 6.42 Å². The minimum Gasteiger partial charge on any atom is -0.326 e. The van der Waals surface area contributed by atoms with E-state index in [9.17, 15) is 9.59 Å². The van der Waals surface area contributed by atoms with Crippen LogP contribution in [0.1, 0.15) is 49.9 Å². The third-order valence-corrected chi connectivity index (χ3v) is 4.14. The second kappa shape index (κ2) is 7.36. The number of piperidine rings is 1. The first-order valence-electron chi connectivity index (χ1n) is 7.71. The highest BCUT2D eigenvalue weighted by Gasteiger charge is 2.18. The van der Waals surface area contributed by atoms with E-state index >= 15 is 0 Å². The van der Waals surface area contributed by atoms with Gasteiger partial charge in [0.2, 0.25) is 5.91 Å². The first kappa shape index (κ1) is 15.7. The van der Waals surface area contributed by atoms with Crippen LogP contribution >= 0.6 is 0 Å². The van der Waals surface area contributed by atoms with Crippen LogP contribution in [0.5, 0.6) is 0 Å². The molecule has 1 heterocycles. The van der Waals surface area contributed by atoms with E-state index in [-0.39, 0.29) is 11.7 Å². The van der Waals surface area contributed by atoms with Gasteiger partial charge in [0.05, 0.1) is 0 Å². The second-order valence-electron chi connectivity index (χ2n) is 5.81. The molecular formula is C17H24N2O2. The Morgan fingerprint density at radius 3 is 2.57 bits per heavy atom. The molecule has 0 bridgehead atoms. The lowest BCUT2D eigenvalue weighted by Gasteiger charge is -2.33. The van der Waals surface area contributed by atoms with Gasteiger partial charge < -0.3 is 10.2 Å². The van der Waals surface area contributed by atoms with Crippen molar-refractivity contribution in [3.05, 3.63) is 29.8 Å². The molecular weight excluding hydrogens is 264 g/mol. The number of nitrogens with zero attached hydrogens (tertiary/aromatic N) is 1. The highest BCUT2D eigenvalue weighted by molar-refractivity contribution is 5.95. The van der Waals surface area contributed by atoms with Gasteiger partial charge in [-0.2, -0.15) is 0 Å². The molecule has 2 rings (SSSR count). The molecule has 1 atom stereocenters. The van der Waals surface area contributed by atoms with Crippen LogP contribution in [0.4, 0.5) is 5.69 Å². The van der Waals surface area contributed by atoms with Gasteiger partial charge in [0.15, 0.2) is 5.78 Å². The van der Waals surface area contributed by atoms with Crippen LogP contribution in [0.3, 0.4) is 0 Å². The van der Waals surface area contributed by atoms with Crippen molar-refractivity contribution < 1.29 is 9.59 Å². The summed E-state index contributed by atoms with van der Waals surface area (Å²) in [5.41, 5.74) is 1.41. The number of rotatable bonds is 5. The van der Waals surface area contributed by atoms with E-state index in [4.69, 9.17) is 0 Å². The van der Waals surface area contributed by atoms with Crippen LogP contribution in [0.15, 0.2) is 24.3 Å². The minimum atomic E-state index is 0.0309. The predicted molar refractivity (Wildman–Crippen MR) is 84.6 cm³/mol. The number of likely N-dealkylation sites (tertiary alicyclic amines) is 1. The highest BCUT2D eigenvalue weighted by atomic mass is 16.1. The van der Waals surface area contributed by atoms with Crippen molar-refractivity contribution in [3.8, 4) is 0 Å². The van der Waals surface area contributed by atoms with Gasteiger partial charge in [0, 0.05) is 30.3 Å². The first-order valence-corrected chi connectivity index (χ1v) is 7.71. The second-order valence-corrected chi connectivity index (χ2v) is 5.81. The van der Waals surface area contributed by atoms with E-state index in [1.54, 1.807) is 24.3 Å². The molecule has 114 valence electrons. The van der Waals surface area contributed by atoms with Gasteiger partial charge in [-0.3, -0.25) is 9.59 Å². The molecule has 1 N–H and O–H groups in total. The molecule has 0 saturated carbocycles. The molecule has 1 aliphatic rings. The van der Waals surface area contributed by atoms with E-state index < -0.39 is 0 Å². The molecule has 0 aromatic heterocycles. The zero-order valence-electron chi connectivity index (χ0n) is 12.9. The zero-order valence-corrected chi connectivity index (χ0v) is 12.9. The lowest BCUT2D eigenvalue weighted by molar-refractivity contribution is -0.116. The van der Waals surface area contributed by atoms with Gasteiger partial charge in [-0.05, 0) is 57.5 Å². The lowest BCUT2D eigenvalue weighted by Crippen LogP contribution is -2.39. The number of Topliss-reactive ketones (excluding diaryl/α,β-unsaturated/α-hetero) is 1. The SMILES string of the molecule is CC(=O)c1ccc(NC(=O)CCN2CCCCC2C)cc1. The Hall–Kier alpha value is -1.68. The largest absolute Gasteiger partial charge is 0.326 e. The Bertz CT molecular complexity index is 496. The number of hydrogen-bond acceptors (Lipinski definition) is 3. The molecule has 21 heavy (non-hydrogen) atoms. The third kappa shape index (κ3) is 4.67. The van der Waals surface area contributed by atoms with E-state index in [0.717, 1.165) is 18.8 Å². The number of carbonyl (C=O) groups excluding carboxylic acids is 2. The summed E-state index contributed by atoms with van der Waals surface area (Å²) in [4.78, 5) is 25.6. The Labute approximate surface area is 126 Å². The number of carbonyl (C=O) groups is 2. The number of nitrogens with one attached hydrogen (secondary N) is 1. The maximum absolute atomic E-state index is 12.0. The molecule has 4 nitrogen and oxygen atoms in total. The molecule has 1 fully saturated rings. The van der Waals surface area contributed by atoms with Gasteiger partial charge >= 0.3 is 0 Å². The Balaban J connectivity index is 1.80. The third-order valence-electron chi connectivity index (χ3n) is 4.14. The van der Waals surface area contributed by atoms with Crippen LogP contribution in [0.25, 0.3) is 0 Å². The smallest absolute Gasteiger partial charge is 0.225 e. The fourth-order valence-electron chi connectivity index (χ4n) is 2.75. The Morgan fingerprint density at radius 1 is 1.24 bits per heavy atom. The normalized spacial score (nSPS) is 19.2. The summed E-state index contributed by atoms with van der Waals surface area (Å²) in [6.45, 7) is 5.69. The molecule has 1 aromatic rings. The Morgan fingerprint density at radius 2 is 1.95 bits per heavy atom. The molecule has 4 heteroatoms. The van der Waals surface area contributed by atoms with Crippen molar-refractivity contribution in [3.63, 3.8) is 0 Å². The summed E-state index contributed by atoms with van der Waals surface area (Å²) in [6, 6.07) is 7.62. The standard InChI is InChI=1S/C17H24N2O2/c1-13-5-3-4-11-19(13)12-10-17(21)18-16-8-6-15(7-9-16)14(2)20/h6-9,13H,3-5,10-12H2,1-2H3,(H,18,21). The van der Waals surface area contributed by atoms with E-state index in [0.29, 0.717) is 18.0 Å². The maximum Gasteiger partial charge on any atom is 0.225 e. The summed E-state index contributed by atoms with van der Waals surface area (Å²) in [6.07, 6.45) is 4.28. The summed E-state index contributed by atoms with van der Waals surface area (Å²) in [7, 11) is 0. The molecule has 0 aliphatic carbocycles. The van der Waals surface area contributed by atoms with Crippen molar-refractivity contribution in [2.45, 2.75) is 45.6 Å². The number of ketones is 1. The molecule has 1 unspecified atom stereocenters. The average Bonchev–Trinajstić information content (AvgIpc) is 2.47. The summed E-state index contributed by atoms with van der Waals surface area (Å²) in [5.74, 6) is 0.0651. The summed E-state index contributed by atoms with van der Waals surface area (Å²) in [5, 5.41) is 2.89. The summed E-state index contributed by atoms with van der Waals surface area (Å²) < 4.78 is 0. The van der Waals surface area contributed by atoms with Crippen LogP contribution in [0, 0.1) is 0 Å². The lowest BCUT2D eigenvalue weighted by atomic mass is 10.0. The zero-order chi connectivity index (χ0) is 15.2. The number of hydrogen-bond donors (Lipinski definition) is 1. The fraction of sp³-hybridized carbons (Fsp3) is 0.529. The van der Waals surface area contributed by atoms with E-state index in [2.05, 4.69) is 17.1 Å². The Kier molecular flexibility index (Phi) is 5.51. The highest BCUT2D eigenvalue weighted by Crippen LogP contribution is 2.16. The van der Waals surface area contributed by atoms with Crippen LogP contribution in [0.2, 0.25) is 0 Å². The van der Waals surface area contributed by atoms with Gasteiger partial charge in [0.25, 0.3) is 0 Å². The molecule has 0 spiro atoms. The van der Waals surface area contributed by atoms with Crippen molar-refractivity contribution in [1.82, 2.24) is 4.90 Å². The fourth-order valence-corrected chi connectivity index (χ4v) is 2.75. The molecule has 1 amide bonds. The van der Waals surface area contributed by atoms with Crippen molar-refractivity contribution in [2.24, 2.45) is 0 Å². The van der Waals surface area contributed by atoms with Crippen LogP contribution in [-0.4, -0.2) is 35.7 Å². The van der Waals surface area contributed by atoms with Crippen molar-refractivity contribution in [2.75, 3.05) is 18.4 Å². The average molecular weight is 288 g/mol. The molecule has 1 aliphatic heterocycles. The van der Waals surface area contributed by atoms with Gasteiger partial charge in [-0.25, -0.2) is 0 Å².